The lowest BCUT2D eigenvalue weighted by atomic mass is 10.2. The van der Waals surface area contributed by atoms with E-state index in [1.54, 1.807) is 12.1 Å². The molecule has 0 atom stereocenters. The van der Waals surface area contributed by atoms with E-state index in [9.17, 15) is 4.79 Å². The Kier molecular flexibility index (Phi) is 2.59. The van der Waals surface area contributed by atoms with Crippen LogP contribution in [-0.4, -0.2) is 9.55 Å². The van der Waals surface area contributed by atoms with Crippen molar-refractivity contribution in [3.05, 3.63) is 58.8 Å². The predicted octanol–water partition coefficient (Wildman–Crippen LogP) is 2.31. The van der Waals surface area contributed by atoms with Crippen LogP contribution in [0, 0.1) is 0 Å². The Bertz CT molecular complexity index is 501. The van der Waals surface area contributed by atoms with Gasteiger partial charge in [-0.3, -0.25) is 4.57 Å². The number of alkyl halides is 2. The van der Waals surface area contributed by atoms with Crippen LogP contribution < -0.4 is 5.69 Å². The molecule has 15 heavy (non-hydrogen) atoms. The molecule has 0 amide bonds. The highest BCUT2D eigenvalue weighted by molar-refractivity contribution is 6.47. The van der Waals surface area contributed by atoms with Crippen molar-refractivity contribution < 1.29 is 0 Å². The smallest absolute Gasteiger partial charge is 0.313 e. The molecule has 0 aliphatic carbocycles. The fourth-order valence-corrected chi connectivity index (χ4v) is 1.84. The average molecular weight is 243 g/mol. The number of aromatic amines is 1. The van der Waals surface area contributed by atoms with Crippen LogP contribution in [-0.2, 0) is 4.46 Å². The van der Waals surface area contributed by atoms with Crippen molar-refractivity contribution in [3.8, 4) is 0 Å². The number of imidazole rings is 1. The van der Waals surface area contributed by atoms with Gasteiger partial charge in [0.05, 0.1) is 0 Å². The Labute approximate surface area is 96.3 Å². The molecule has 1 aromatic carbocycles. The van der Waals surface area contributed by atoms with E-state index in [0.29, 0.717) is 5.56 Å². The molecule has 2 aromatic rings. The lowest BCUT2D eigenvalue weighted by molar-refractivity contribution is 0.668. The second kappa shape index (κ2) is 3.76. The summed E-state index contributed by atoms with van der Waals surface area (Å²) in [7, 11) is 0. The number of nitrogens with one attached hydrogen (secondary N) is 1. The highest BCUT2D eigenvalue weighted by Crippen LogP contribution is 2.33. The summed E-state index contributed by atoms with van der Waals surface area (Å²) >= 11 is 12.3. The van der Waals surface area contributed by atoms with Crippen LogP contribution in [0.1, 0.15) is 5.56 Å². The standard InChI is InChI=1S/C10H8Cl2N2O/c11-10(12,8-4-2-1-3-5-8)14-7-6-13-9(14)15/h1-7H,(H,13,15). The van der Waals surface area contributed by atoms with E-state index in [1.165, 1.54) is 17.0 Å². The number of halogens is 2. The molecule has 2 rings (SSSR count). The minimum absolute atomic E-state index is 0.344. The molecule has 1 N–H and O–H groups in total. The fourth-order valence-electron chi connectivity index (χ4n) is 1.32. The number of hydrogen-bond acceptors (Lipinski definition) is 1. The van der Waals surface area contributed by atoms with Gasteiger partial charge in [-0.15, -0.1) is 0 Å². The van der Waals surface area contributed by atoms with E-state index in [4.69, 9.17) is 23.2 Å². The van der Waals surface area contributed by atoms with Crippen LogP contribution >= 0.6 is 23.2 Å². The maximum absolute atomic E-state index is 11.4. The Hall–Kier alpha value is -1.19. The molecule has 0 saturated carbocycles. The van der Waals surface area contributed by atoms with Gasteiger partial charge in [-0.2, -0.15) is 0 Å². The van der Waals surface area contributed by atoms with Crippen molar-refractivity contribution in [1.29, 1.82) is 0 Å². The van der Waals surface area contributed by atoms with Crippen molar-refractivity contribution in [3.63, 3.8) is 0 Å². The minimum Gasteiger partial charge on any atom is -0.313 e. The van der Waals surface area contributed by atoms with Crippen LogP contribution in [0.15, 0.2) is 47.5 Å². The zero-order valence-electron chi connectivity index (χ0n) is 7.65. The van der Waals surface area contributed by atoms with E-state index in [-0.39, 0.29) is 5.69 Å². The molecule has 78 valence electrons. The number of H-pyrrole nitrogens is 1. The quantitative estimate of drug-likeness (QED) is 0.807. The van der Waals surface area contributed by atoms with Gasteiger partial charge in [-0.25, -0.2) is 4.79 Å². The summed E-state index contributed by atoms with van der Waals surface area (Å²) in [6, 6.07) is 9.01. The predicted molar refractivity (Wildman–Crippen MR) is 60.3 cm³/mol. The Morgan fingerprint density at radius 3 is 2.40 bits per heavy atom. The Morgan fingerprint density at radius 2 is 1.87 bits per heavy atom. The van der Waals surface area contributed by atoms with E-state index in [0.717, 1.165) is 0 Å². The minimum atomic E-state index is -1.38. The van der Waals surface area contributed by atoms with Crippen molar-refractivity contribution >= 4 is 23.2 Å². The summed E-state index contributed by atoms with van der Waals surface area (Å²) in [4.78, 5) is 13.9. The molecule has 0 unspecified atom stereocenters. The molecule has 0 saturated heterocycles. The number of hydrogen-bond donors (Lipinski definition) is 1. The molecular formula is C10H8Cl2N2O. The van der Waals surface area contributed by atoms with Gasteiger partial charge in [-0.05, 0) is 0 Å². The number of rotatable bonds is 2. The van der Waals surface area contributed by atoms with E-state index < -0.39 is 4.46 Å². The second-order valence-corrected chi connectivity index (χ2v) is 4.33. The van der Waals surface area contributed by atoms with Crippen LogP contribution in [0.4, 0.5) is 0 Å². The maximum Gasteiger partial charge on any atom is 0.328 e. The lowest BCUT2D eigenvalue weighted by Gasteiger charge is -2.20. The molecule has 0 fully saturated rings. The normalized spacial score (nSPS) is 11.6. The first kappa shape index (κ1) is 10.3. The van der Waals surface area contributed by atoms with Crippen molar-refractivity contribution in [1.82, 2.24) is 9.55 Å². The maximum atomic E-state index is 11.4. The van der Waals surface area contributed by atoms with E-state index >= 15 is 0 Å². The molecule has 5 heteroatoms. The zero-order valence-corrected chi connectivity index (χ0v) is 9.16. The first-order valence-electron chi connectivity index (χ1n) is 4.32. The van der Waals surface area contributed by atoms with Crippen molar-refractivity contribution in [2.24, 2.45) is 0 Å². The third-order valence-corrected chi connectivity index (χ3v) is 2.87. The SMILES string of the molecule is O=c1[nH]ccn1C(Cl)(Cl)c1ccccc1. The molecule has 0 bridgehead atoms. The van der Waals surface area contributed by atoms with Gasteiger partial charge in [0.25, 0.3) is 0 Å². The highest BCUT2D eigenvalue weighted by Gasteiger charge is 2.29. The summed E-state index contributed by atoms with van der Waals surface area (Å²) in [5.41, 5.74) is 0.305. The Balaban J connectivity index is 2.53. The van der Waals surface area contributed by atoms with Crippen LogP contribution in [0.2, 0.25) is 0 Å². The van der Waals surface area contributed by atoms with Crippen LogP contribution in [0.25, 0.3) is 0 Å². The number of aromatic nitrogens is 2. The molecular weight excluding hydrogens is 235 g/mol. The van der Waals surface area contributed by atoms with Gasteiger partial charge >= 0.3 is 5.69 Å². The molecule has 1 heterocycles. The van der Waals surface area contributed by atoms with Gasteiger partial charge in [-0.1, -0.05) is 53.5 Å². The van der Waals surface area contributed by atoms with E-state index in [2.05, 4.69) is 4.98 Å². The van der Waals surface area contributed by atoms with Crippen molar-refractivity contribution in [2.75, 3.05) is 0 Å². The second-order valence-electron chi connectivity index (χ2n) is 3.04. The van der Waals surface area contributed by atoms with Crippen LogP contribution in [0.3, 0.4) is 0 Å². The summed E-state index contributed by atoms with van der Waals surface area (Å²) in [6.45, 7) is 0. The van der Waals surface area contributed by atoms with Gasteiger partial charge in [0, 0.05) is 18.0 Å². The number of nitrogens with zero attached hydrogens (tertiary/aromatic N) is 1. The average Bonchev–Trinajstić information content (AvgIpc) is 2.66. The summed E-state index contributed by atoms with van der Waals surface area (Å²) in [5.74, 6) is 0. The first-order chi connectivity index (χ1) is 7.12. The molecule has 3 nitrogen and oxygen atoms in total. The summed E-state index contributed by atoms with van der Waals surface area (Å²) < 4.78 is -0.149. The number of benzene rings is 1. The summed E-state index contributed by atoms with van der Waals surface area (Å²) in [5, 5.41) is 0. The fraction of sp³-hybridized carbons (Fsp3) is 0.100. The zero-order chi connectivity index (χ0) is 10.9. The lowest BCUT2D eigenvalue weighted by Crippen LogP contribution is -2.30. The van der Waals surface area contributed by atoms with Crippen molar-refractivity contribution in [2.45, 2.75) is 4.46 Å². The van der Waals surface area contributed by atoms with Gasteiger partial charge in [0.2, 0.25) is 4.46 Å². The topological polar surface area (TPSA) is 37.8 Å². The molecule has 0 aliphatic rings. The highest BCUT2D eigenvalue weighted by atomic mass is 35.5. The molecule has 1 aromatic heterocycles. The first-order valence-corrected chi connectivity index (χ1v) is 5.08. The van der Waals surface area contributed by atoms with Gasteiger partial charge in [0.15, 0.2) is 0 Å². The van der Waals surface area contributed by atoms with Crippen LogP contribution in [0.5, 0.6) is 0 Å². The van der Waals surface area contributed by atoms with Gasteiger partial charge < -0.3 is 4.98 Å². The molecule has 0 radical (unpaired) electrons. The monoisotopic (exact) mass is 242 g/mol. The third kappa shape index (κ3) is 1.80. The van der Waals surface area contributed by atoms with E-state index in [1.807, 2.05) is 18.2 Å². The summed E-state index contributed by atoms with van der Waals surface area (Å²) in [6.07, 6.45) is 3.00. The van der Waals surface area contributed by atoms with Gasteiger partial charge in [0.1, 0.15) is 0 Å². The third-order valence-electron chi connectivity index (χ3n) is 2.07. The molecule has 0 aliphatic heterocycles. The molecule has 0 spiro atoms. The largest absolute Gasteiger partial charge is 0.328 e. The Morgan fingerprint density at radius 1 is 1.20 bits per heavy atom.